The summed E-state index contributed by atoms with van der Waals surface area (Å²) in [6.07, 6.45) is 0. The summed E-state index contributed by atoms with van der Waals surface area (Å²) in [5.74, 6) is 0.480. The molecule has 0 radical (unpaired) electrons. The first-order chi connectivity index (χ1) is 8.13. The fraction of sp³-hybridized carbons (Fsp3) is 0.0909. The molecule has 0 atom stereocenters. The number of anilines is 1. The molecule has 0 bridgehead atoms. The number of hydrogen-bond donors (Lipinski definition) is 3. The number of nitrogens with one attached hydrogen (secondary N) is 1. The van der Waals surface area contributed by atoms with Crippen LogP contribution in [0.15, 0.2) is 35.1 Å². The van der Waals surface area contributed by atoms with Crippen LogP contribution in [0.4, 0.5) is 5.69 Å². The van der Waals surface area contributed by atoms with Gasteiger partial charge in [-0.3, -0.25) is 4.79 Å². The normalized spacial score (nSPS) is 10.1. The molecule has 4 N–H and O–H groups in total. The highest BCUT2D eigenvalue weighted by molar-refractivity contribution is 5.43. The van der Waals surface area contributed by atoms with Crippen molar-refractivity contribution < 1.29 is 9.84 Å². The molecule has 0 aliphatic heterocycles. The molecule has 2 rings (SSSR count). The van der Waals surface area contributed by atoms with Gasteiger partial charge >= 0.3 is 0 Å². The predicted octanol–water partition coefficient (Wildman–Crippen LogP) is 0.637. The largest absolute Gasteiger partial charge is 0.493 e. The van der Waals surface area contributed by atoms with Gasteiger partial charge in [0.25, 0.3) is 5.56 Å². The number of benzene rings is 1. The SMILES string of the molecule is Nc1cccc(OCc2nc(O)cc(=O)[nH]2)c1. The highest BCUT2D eigenvalue weighted by atomic mass is 16.5. The van der Waals surface area contributed by atoms with E-state index in [1.165, 1.54) is 0 Å². The van der Waals surface area contributed by atoms with Gasteiger partial charge in [0.05, 0.1) is 6.07 Å². The first kappa shape index (κ1) is 11.0. The molecule has 1 aromatic carbocycles. The Hall–Kier alpha value is -2.50. The number of aromatic nitrogens is 2. The van der Waals surface area contributed by atoms with Gasteiger partial charge in [0.1, 0.15) is 12.4 Å². The zero-order valence-electron chi connectivity index (χ0n) is 8.88. The van der Waals surface area contributed by atoms with Crippen LogP contribution in [0.2, 0.25) is 0 Å². The summed E-state index contributed by atoms with van der Waals surface area (Å²) in [5, 5.41) is 9.13. The van der Waals surface area contributed by atoms with Gasteiger partial charge < -0.3 is 20.6 Å². The maximum Gasteiger partial charge on any atom is 0.254 e. The molecule has 1 heterocycles. The van der Waals surface area contributed by atoms with Crippen molar-refractivity contribution in [2.75, 3.05) is 5.73 Å². The van der Waals surface area contributed by atoms with Crippen molar-refractivity contribution in [2.24, 2.45) is 0 Å². The second-order valence-electron chi connectivity index (χ2n) is 3.41. The van der Waals surface area contributed by atoms with Crippen molar-refractivity contribution in [1.82, 2.24) is 9.97 Å². The van der Waals surface area contributed by atoms with E-state index in [4.69, 9.17) is 15.6 Å². The quantitative estimate of drug-likeness (QED) is 0.675. The van der Waals surface area contributed by atoms with Gasteiger partial charge in [-0.1, -0.05) is 6.07 Å². The van der Waals surface area contributed by atoms with Gasteiger partial charge in [-0.2, -0.15) is 4.98 Å². The lowest BCUT2D eigenvalue weighted by Crippen LogP contribution is -2.11. The Morgan fingerprint density at radius 1 is 1.41 bits per heavy atom. The molecule has 0 unspecified atom stereocenters. The van der Waals surface area contributed by atoms with E-state index < -0.39 is 5.56 Å². The molecule has 6 nitrogen and oxygen atoms in total. The summed E-state index contributed by atoms with van der Waals surface area (Å²) in [6.45, 7) is 0.0487. The summed E-state index contributed by atoms with van der Waals surface area (Å²) in [6, 6.07) is 7.87. The number of rotatable bonds is 3. The zero-order valence-corrected chi connectivity index (χ0v) is 8.88. The van der Waals surface area contributed by atoms with Gasteiger partial charge in [0.2, 0.25) is 5.88 Å². The molecule has 6 heteroatoms. The zero-order chi connectivity index (χ0) is 12.3. The van der Waals surface area contributed by atoms with Crippen LogP contribution in [-0.4, -0.2) is 15.1 Å². The molecule has 0 fully saturated rings. The van der Waals surface area contributed by atoms with Crippen LogP contribution in [0.25, 0.3) is 0 Å². The fourth-order valence-corrected chi connectivity index (χ4v) is 1.32. The lowest BCUT2D eigenvalue weighted by atomic mass is 10.3. The first-order valence-electron chi connectivity index (χ1n) is 4.91. The molecular formula is C11H11N3O3. The Kier molecular flexibility index (Phi) is 2.95. The molecule has 0 spiro atoms. The molecule has 0 saturated carbocycles. The van der Waals surface area contributed by atoms with E-state index in [0.29, 0.717) is 11.4 Å². The van der Waals surface area contributed by atoms with Crippen LogP contribution >= 0.6 is 0 Å². The minimum absolute atomic E-state index is 0.0487. The summed E-state index contributed by atoms with van der Waals surface area (Å²) < 4.78 is 5.36. The number of nitrogens with zero attached hydrogens (tertiary/aromatic N) is 1. The van der Waals surface area contributed by atoms with Gasteiger partial charge in [0, 0.05) is 11.8 Å². The third-order valence-electron chi connectivity index (χ3n) is 2.01. The first-order valence-corrected chi connectivity index (χ1v) is 4.91. The Bertz CT molecular complexity index is 580. The second-order valence-corrected chi connectivity index (χ2v) is 3.41. The Labute approximate surface area is 96.7 Å². The molecule has 2 aromatic rings. The molecule has 17 heavy (non-hydrogen) atoms. The minimum Gasteiger partial charge on any atom is -0.493 e. The van der Waals surface area contributed by atoms with Crippen LogP contribution in [0.1, 0.15) is 5.82 Å². The van der Waals surface area contributed by atoms with Crippen molar-refractivity contribution in [3.8, 4) is 11.6 Å². The number of hydrogen-bond acceptors (Lipinski definition) is 5. The van der Waals surface area contributed by atoms with Crippen LogP contribution in [0, 0.1) is 0 Å². The summed E-state index contributed by atoms with van der Waals surface area (Å²) in [5.41, 5.74) is 5.74. The molecule has 1 aromatic heterocycles. The Morgan fingerprint density at radius 3 is 2.94 bits per heavy atom. The number of ether oxygens (including phenoxy) is 1. The second kappa shape index (κ2) is 4.56. The third kappa shape index (κ3) is 2.97. The van der Waals surface area contributed by atoms with Crippen LogP contribution in [0.5, 0.6) is 11.6 Å². The van der Waals surface area contributed by atoms with E-state index >= 15 is 0 Å². The third-order valence-corrected chi connectivity index (χ3v) is 2.01. The van der Waals surface area contributed by atoms with E-state index in [9.17, 15) is 4.79 Å². The van der Waals surface area contributed by atoms with E-state index in [-0.39, 0.29) is 18.3 Å². The average molecular weight is 233 g/mol. The van der Waals surface area contributed by atoms with E-state index in [1.807, 2.05) is 0 Å². The summed E-state index contributed by atoms with van der Waals surface area (Å²) >= 11 is 0. The van der Waals surface area contributed by atoms with E-state index in [0.717, 1.165) is 6.07 Å². The molecule has 88 valence electrons. The smallest absolute Gasteiger partial charge is 0.254 e. The maximum atomic E-state index is 11.0. The number of aromatic amines is 1. The van der Waals surface area contributed by atoms with Crippen LogP contribution < -0.4 is 16.0 Å². The molecule has 0 amide bonds. The molecule has 0 saturated heterocycles. The Morgan fingerprint density at radius 2 is 2.24 bits per heavy atom. The molecule has 0 aliphatic carbocycles. The van der Waals surface area contributed by atoms with Crippen LogP contribution in [0.3, 0.4) is 0 Å². The summed E-state index contributed by atoms with van der Waals surface area (Å²) in [4.78, 5) is 17.2. The van der Waals surface area contributed by atoms with Crippen molar-refractivity contribution in [2.45, 2.75) is 6.61 Å². The van der Waals surface area contributed by atoms with Crippen molar-refractivity contribution in [3.63, 3.8) is 0 Å². The van der Waals surface area contributed by atoms with Crippen molar-refractivity contribution in [3.05, 3.63) is 46.5 Å². The Balaban J connectivity index is 2.09. The molecular weight excluding hydrogens is 222 g/mol. The molecule has 0 aliphatic rings. The van der Waals surface area contributed by atoms with E-state index in [2.05, 4.69) is 9.97 Å². The number of aromatic hydroxyl groups is 1. The van der Waals surface area contributed by atoms with Gasteiger partial charge in [-0.05, 0) is 12.1 Å². The van der Waals surface area contributed by atoms with Crippen molar-refractivity contribution >= 4 is 5.69 Å². The highest BCUT2D eigenvalue weighted by Crippen LogP contribution is 2.15. The minimum atomic E-state index is -0.427. The number of nitrogens with two attached hydrogens (primary N) is 1. The summed E-state index contributed by atoms with van der Waals surface area (Å²) in [7, 11) is 0. The topological polar surface area (TPSA) is 101 Å². The lowest BCUT2D eigenvalue weighted by molar-refractivity contribution is 0.292. The predicted molar refractivity (Wildman–Crippen MR) is 61.7 cm³/mol. The van der Waals surface area contributed by atoms with Crippen molar-refractivity contribution in [1.29, 1.82) is 0 Å². The van der Waals surface area contributed by atoms with Gasteiger partial charge in [0.15, 0.2) is 5.82 Å². The van der Waals surface area contributed by atoms with Crippen LogP contribution in [-0.2, 0) is 6.61 Å². The number of nitrogen functional groups attached to an aromatic ring is 1. The van der Waals surface area contributed by atoms with E-state index in [1.54, 1.807) is 24.3 Å². The monoisotopic (exact) mass is 233 g/mol. The lowest BCUT2D eigenvalue weighted by Gasteiger charge is -2.06. The van der Waals surface area contributed by atoms with Gasteiger partial charge in [-0.25, -0.2) is 0 Å². The standard InChI is InChI=1S/C11H11N3O3/c12-7-2-1-3-8(4-7)17-6-9-13-10(15)5-11(16)14-9/h1-5H,6,12H2,(H2,13,14,15,16). The highest BCUT2D eigenvalue weighted by Gasteiger charge is 2.01. The van der Waals surface area contributed by atoms with Gasteiger partial charge in [-0.15, -0.1) is 0 Å². The number of H-pyrrole nitrogens is 1. The average Bonchev–Trinajstić information content (AvgIpc) is 2.25. The fourth-order valence-electron chi connectivity index (χ4n) is 1.32. The maximum absolute atomic E-state index is 11.0.